The van der Waals surface area contributed by atoms with Crippen LogP contribution in [0.4, 0.5) is 0 Å². The highest BCUT2D eigenvalue weighted by Crippen LogP contribution is 2.13. The third-order valence-corrected chi connectivity index (χ3v) is 3.79. The minimum Gasteiger partial charge on any atom is -0.497 e. The number of benzene rings is 1. The van der Waals surface area contributed by atoms with Gasteiger partial charge in [-0.25, -0.2) is 0 Å². The van der Waals surface area contributed by atoms with Gasteiger partial charge in [-0.3, -0.25) is 9.59 Å². The second-order valence-corrected chi connectivity index (χ2v) is 5.39. The molecule has 0 radical (unpaired) electrons. The predicted octanol–water partition coefficient (Wildman–Crippen LogP) is 0.289. The lowest BCUT2D eigenvalue weighted by atomic mass is 10.1. The topological polar surface area (TPSA) is 70.1 Å². The maximum atomic E-state index is 12.4. The van der Waals surface area contributed by atoms with Crippen LogP contribution in [0.1, 0.15) is 12.5 Å². The van der Waals surface area contributed by atoms with Gasteiger partial charge in [0.05, 0.1) is 26.2 Å². The third kappa shape index (κ3) is 3.98. The summed E-state index contributed by atoms with van der Waals surface area (Å²) in [5, 5.41) is 9.96. The van der Waals surface area contributed by atoms with Gasteiger partial charge in [0.25, 0.3) is 0 Å². The predicted molar refractivity (Wildman–Crippen MR) is 81.5 cm³/mol. The summed E-state index contributed by atoms with van der Waals surface area (Å²) in [6.45, 7) is 2.90. The van der Waals surface area contributed by atoms with Gasteiger partial charge in [0, 0.05) is 19.6 Å². The van der Waals surface area contributed by atoms with Crippen molar-refractivity contribution < 1.29 is 19.4 Å². The number of methoxy groups -OCH3 is 1. The molecule has 0 aliphatic carbocycles. The maximum absolute atomic E-state index is 12.4. The van der Waals surface area contributed by atoms with Crippen molar-refractivity contribution in [2.24, 2.45) is 0 Å². The summed E-state index contributed by atoms with van der Waals surface area (Å²) in [7, 11) is 1.59. The molecule has 1 aliphatic rings. The van der Waals surface area contributed by atoms with Crippen LogP contribution in [0.5, 0.6) is 5.75 Å². The Hall–Kier alpha value is -2.08. The molecule has 1 saturated heterocycles. The molecule has 2 amide bonds. The Balaban J connectivity index is 2.02. The summed E-state index contributed by atoms with van der Waals surface area (Å²) in [4.78, 5) is 27.4. The minimum absolute atomic E-state index is 0.0277. The van der Waals surface area contributed by atoms with Gasteiger partial charge < -0.3 is 19.6 Å². The molecule has 1 unspecified atom stereocenters. The molecule has 1 heterocycles. The number of carbonyl (C=O) groups is 2. The molecule has 6 heteroatoms. The van der Waals surface area contributed by atoms with E-state index in [1.165, 1.54) is 4.90 Å². The molecule has 1 atom stereocenters. The van der Waals surface area contributed by atoms with Gasteiger partial charge in [-0.15, -0.1) is 0 Å². The van der Waals surface area contributed by atoms with Crippen LogP contribution in [-0.2, 0) is 16.0 Å². The van der Waals surface area contributed by atoms with Crippen LogP contribution in [0.15, 0.2) is 24.3 Å². The molecule has 0 bridgehead atoms. The summed E-state index contributed by atoms with van der Waals surface area (Å²) in [6.07, 6.45) is -0.498. The van der Waals surface area contributed by atoms with E-state index in [0.29, 0.717) is 6.54 Å². The highest BCUT2D eigenvalue weighted by molar-refractivity contribution is 5.86. The van der Waals surface area contributed by atoms with Gasteiger partial charge in [0.15, 0.2) is 0 Å². The first-order valence-corrected chi connectivity index (χ1v) is 7.40. The summed E-state index contributed by atoms with van der Waals surface area (Å²) in [5.74, 6) is 0.452. The van der Waals surface area contributed by atoms with E-state index in [0.717, 1.165) is 11.3 Å². The summed E-state index contributed by atoms with van der Waals surface area (Å²) in [6, 6.07) is 7.24. The average Bonchev–Trinajstić information content (AvgIpc) is 2.66. The fourth-order valence-corrected chi connectivity index (χ4v) is 2.52. The lowest BCUT2D eigenvalue weighted by Gasteiger charge is -2.21. The molecule has 2 rings (SSSR count). The SMILES string of the molecule is CCN1CC(O)CN(C(=O)Cc2ccc(OC)cc2)CC1=O. The lowest BCUT2D eigenvalue weighted by molar-refractivity contribution is -0.138. The molecule has 1 aromatic carbocycles. The summed E-state index contributed by atoms with van der Waals surface area (Å²) < 4.78 is 5.08. The fourth-order valence-electron chi connectivity index (χ4n) is 2.52. The number of ether oxygens (including phenoxy) is 1. The maximum Gasteiger partial charge on any atom is 0.242 e. The average molecular weight is 306 g/mol. The Labute approximate surface area is 130 Å². The van der Waals surface area contributed by atoms with Crippen molar-refractivity contribution in [3.63, 3.8) is 0 Å². The highest BCUT2D eigenvalue weighted by atomic mass is 16.5. The molecule has 0 aromatic heterocycles. The van der Waals surface area contributed by atoms with Crippen molar-refractivity contribution in [1.29, 1.82) is 0 Å². The number of amides is 2. The van der Waals surface area contributed by atoms with Crippen LogP contribution in [0.2, 0.25) is 0 Å². The van der Waals surface area contributed by atoms with Gasteiger partial charge >= 0.3 is 0 Å². The summed E-state index contributed by atoms with van der Waals surface area (Å²) in [5.41, 5.74) is 0.851. The number of rotatable bonds is 4. The molecule has 6 nitrogen and oxygen atoms in total. The normalized spacial score (nSPS) is 19.0. The first-order valence-electron chi connectivity index (χ1n) is 7.40. The molecular formula is C16H22N2O4. The van der Waals surface area contributed by atoms with Crippen molar-refractivity contribution in [2.75, 3.05) is 33.3 Å². The molecule has 1 aliphatic heterocycles. The zero-order valence-electron chi connectivity index (χ0n) is 13.0. The van der Waals surface area contributed by atoms with E-state index in [1.807, 2.05) is 19.1 Å². The van der Waals surface area contributed by atoms with E-state index >= 15 is 0 Å². The van der Waals surface area contributed by atoms with E-state index in [-0.39, 0.29) is 37.9 Å². The Morgan fingerprint density at radius 1 is 1.32 bits per heavy atom. The molecular weight excluding hydrogens is 284 g/mol. The van der Waals surface area contributed by atoms with Crippen molar-refractivity contribution >= 4 is 11.8 Å². The van der Waals surface area contributed by atoms with E-state index in [9.17, 15) is 14.7 Å². The first-order chi connectivity index (χ1) is 10.5. The van der Waals surface area contributed by atoms with Gasteiger partial charge in [-0.2, -0.15) is 0 Å². The van der Waals surface area contributed by atoms with Gasteiger partial charge in [0.1, 0.15) is 5.75 Å². The quantitative estimate of drug-likeness (QED) is 0.868. The van der Waals surface area contributed by atoms with Crippen LogP contribution in [-0.4, -0.2) is 66.1 Å². The molecule has 1 N–H and O–H groups in total. The van der Waals surface area contributed by atoms with Crippen LogP contribution in [0, 0.1) is 0 Å². The number of β-amino-alcohol motifs (C(OH)–C–C–N with tert-alkyl or cyclic N) is 1. The van der Waals surface area contributed by atoms with E-state index < -0.39 is 6.10 Å². The van der Waals surface area contributed by atoms with Gasteiger partial charge in [-0.05, 0) is 24.6 Å². The van der Waals surface area contributed by atoms with Crippen LogP contribution in [0.3, 0.4) is 0 Å². The first kappa shape index (κ1) is 16.3. The van der Waals surface area contributed by atoms with Gasteiger partial charge in [-0.1, -0.05) is 12.1 Å². The monoisotopic (exact) mass is 306 g/mol. The van der Waals surface area contributed by atoms with Crippen molar-refractivity contribution in [1.82, 2.24) is 9.80 Å². The Morgan fingerprint density at radius 2 is 2.00 bits per heavy atom. The van der Waals surface area contributed by atoms with Crippen molar-refractivity contribution in [3.05, 3.63) is 29.8 Å². The van der Waals surface area contributed by atoms with Crippen molar-refractivity contribution in [3.8, 4) is 5.75 Å². The number of likely N-dealkylation sites (N-methyl/N-ethyl adjacent to an activating group) is 1. The molecule has 1 fully saturated rings. The number of hydrogen-bond donors (Lipinski definition) is 1. The Kier molecular flexibility index (Phi) is 5.38. The highest BCUT2D eigenvalue weighted by Gasteiger charge is 2.28. The van der Waals surface area contributed by atoms with E-state index in [2.05, 4.69) is 0 Å². The second kappa shape index (κ2) is 7.26. The number of aliphatic hydroxyl groups excluding tert-OH is 1. The van der Waals surface area contributed by atoms with Crippen LogP contribution in [0.25, 0.3) is 0 Å². The van der Waals surface area contributed by atoms with E-state index in [1.54, 1.807) is 24.1 Å². The lowest BCUT2D eigenvalue weighted by Crippen LogP contribution is -2.40. The van der Waals surface area contributed by atoms with Crippen molar-refractivity contribution in [2.45, 2.75) is 19.4 Å². The molecule has 1 aromatic rings. The fraction of sp³-hybridized carbons (Fsp3) is 0.500. The number of aliphatic hydroxyl groups is 1. The largest absolute Gasteiger partial charge is 0.497 e. The minimum atomic E-state index is -0.703. The standard InChI is InChI=1S/C16H22N2O4/c1-3-17-9-13(19)10-18(11-16(17)21)15(20)8-12-4-6-14(22-2)7-5-12/h4-7,13,19H,3,8-11H2,1-2H3. The van der Waals surface area contributed by atoms with Gasteiger partial charge in [0.2, 0.25) is 11.8 Å². The molecule has 0 saturated carbocycles. The van der Waals surface area contributed by atoms with Crippen LogP contribution < -0.4 is 4.74 Å². The second-order valence-electron chi connectivity index (χ2n) is 5.39. The van der Waals surface area contributed by atoms with E-state index in [4.69, 9.17) is 4.74 Å². The molecule has 120 valence electrons. The smallest absolute Gasteiger partial charge is 0.242 e. The zero-order valence-corrected chi connectivity index (χ0v) is 13.0. The Morgan fingerprint density at radius 3 is 2.59 bits per heavy atom. The third-order valence-electron chi connectivity index (χ3n) is 3.79. The molecule has 0 spiro atoms. The summed E-state index contributed by atoms with van der Waals surface area (Å²) >= 11 is 0. The number of nitrogens with zero attached hydrogens (tertiary/aromatic N) is 2. The number of hydrogen-bond acceptors (Lipinski definition) is 4. The molecule has 22 heavy (non-hydrogen) atoms. The number of carbonyl (C=O) groups excluding carboxylic acids is 2. The zero-order chi connectivity index (χ0) is 16.1. The Bertz CT molecular complexity index is 529. The van der Waals surface area contributed by atoms with Crippen LogP contribution >= 0.6 is 0 Å².